The maximum absolute atomic E-state index is 5.96. The number of aromatic nitrogens is 1. The highest BCUT2D eigenvalue weighted by atomic mass is 16.7. The summed E-state index contributed by atoms with van der Waals surface area (Å²) < 4.78 is 11.9. The van der Waals surface area contributed by atoms with Gasteiger partial charge < -0.3 is 15.0 Å². The molecule has 5 heteroatoms. The van der Waals surface area contributed by atoms with Gasteiger partial charge in [0.15, 0.2) is 0 Å². The van der Waals surface area contributed by atoms with E-state index in [1.165, 1.54) is 0 Å². The zero-order valence-electron chi connectivity index (χ0n) is 11.1. The molecule has 1 aliphatic rings. The topological polar surface area (TPSA) is 57.4 Å². The second-order valence-corrected chi connectivity index (χ2v) is 5.54. The minimum Gasteiger partial charge on any atom is -0.399 e. The van der Waals surface area contributed by atoms with Gasteiger partial charge in [0.05, 0.1) is 11.2 Å². The van der Waals surface area contributed by atoms with Crippen LogP contribution in [-0.4, -0.2) is 23.3 Å². The van der Waals surface area contributed by atoms with Gasteiger partial charge in [0.1, 0.15) is 0 Å². The summed E-state index contributed by atoms with van der Waals surface area (Å²) in [6.07, 6.45) is 1.65. The Labute approximate surface area is 103 Å². The molecule has 1 aliphatic heterocycles. The Balaban J connectivity index is 2.35. The molecule has 0 aliphatic carbocycles. The third-order valence-electron chi connectivity index (χ3n) is 3.61. The van der Waals surface area contributed by atoms with Crippen LogP contribution in [0.15, 0.2) is 12.3 Å². The van der Waals surface area contributed by atoms with Crippen LogP contribution in [0.2, 0.25) is 0 Å². The van der Waals surface area contributed by atoms with Gasteiger partial charge in [-0.05, 0) is 40.7 Å². The van der Waals surface area contributed by atoms with Crippen molar-refractivity contribution in [2.45, 2.75) is 45.8 Å². The summed E-state index contributed by atoms with van der Waals surface area (Å²) in [5.74, 6) is 0. The molecule has 17 heavy (non-hydrogen) atoms. The van der Waals surface area contributed by atoms with Crippen molar-refractivity contribution in [2.24, 2.45) is 0 Å². The highest BCUT2D eigenvalue weighted by Gasteiger charge is 2.52. The molecule has 0 bridgehead atoms. The SMILES string of the molecule is Cc1cc(B2OC(C)(C)C(C)(C)O2)c(N)cn1. The zero-order chi connectivity index (χ0) is 12.8. The first-order chi connectivity index (χ1) is 7.73. The lowest BCUT2D eigenvalue weighted by molar-refractivity contribution is 0.00578. The lowest BCUT2D eigenvalue weighted by Gasteiger charge is -2.32. The number of aryl methyl sites for hydroxylation is 1. The molecular weight excluding hydrogens is 215 g/mol. The van der Waals surface area contributed by atoms with Gasteiger partial charge in [0.25, 0.3) is 0 Å². The summed E-state index contributed by atoms with van der Waals surface area (Å²) in [7, 11) is -0.415. The van der Waals surface area contributed by atoms with Crippen LogP contribution >= 0.6 is 0 Å². The van der Waals surface area contributed by atoms with Crippen LogP contribution in [0, 0.1) is 6.92 Å². The summed E-state index contributed by atoms with van der Waals surface area (Å²) in [6, 6.07) is 1.91. The lowest BCUT2D eigenvalue weighted by atomic mass is 9.78. The van der Waals surface area contributed by atoms with E-state index in [2.05, 4.69) is 4.98 Å². The lowest BCUT2D eigenvalue weighted by Crippen LogP contribution is -2.41. The van der Waals surface area contributed by atoms with Crippen LogP contribution in [0.1, 0.15) is 33.4 Å². The molecule has 2 rings (SSSR count). The quantitative estimate of drug-likeness (QED) is 0.743. The van der Waals surface area contributed by atoms with E-state index >= 15 is 0 Å². The van der Waals surface area contributed by atoms with Crippen molar-refractivity contribution in [1.29, 1.82) is 0 Å². The predicted molar refractivity (Wildman–Crippen MR) is 69.1 cm³/mol. The van der Waals surface area contributed by atoms with Crippen molar-refractivity contribution < 1.29 is 9.31 Å². The van der Waals surface area contributed by atoms with Crippen LogP contribution in [0.25, 0.3) is 0 Å². The summed E-state index contributed by atoms with van der Waals surface area (Å²) in [6.45, 7) is 10.0. The molecule has 0 spiro atoms. The predicted octanol–water partition coefficient (Wildman–Crippen LogP) is 1.27. The Hall–Kier alpha value is -1.07. The number of nitrogen functional groups attached to an aromatic ring is 1. The Kier molecular flexibility index (Phi) is 2.71. The van der Waals surface area contributed by atoms with Crippen molar-refractivity contribution in [1.82, 2.24) is 4.98 Å². The monoisotopic (exact) mass is 234 g/mol. The average molecular weight is 234 g/mol. The highest BCUT2D eigenvalue weighted by molar-refractivity contribution is 6.63. The molecular formula is C12H19BN2O2. The Morgan fingerprint density at radius 3 is 2.24 bits per heavy atom. The van der Waals surface area contributed by atoms with E-state index in [1.54, 1.807) is 6.20 Å². The normalized spacial score (nSPS) is 21.8. The molecule has 0 atom stereocenters. The molecule has 0 aromatic carbocycles. The fraction of sp³-hybridized carbons (Fsp3) is 0.583. The van der Waals surface area contributed by atoms with Crippen LogP contribution in [0.4, 0.5) is 5.69 Å². The third kappa shape index (κ3) is 2.05. The first kappa shape index (κ1) is 12.4. The smallest absolute Gasteiger partial charge is 0.399 e. The van der Waals surface area contributed by atoms with E-state index in [9.17, 15) is 0 Å². The minimum atomic E-state index is -0.415. The second kappa shape index (κ2) is 3.72. The fourth-order valence-electron chi connectivity index (χ4n) is 1.77. The van der Waals surface area contributed by atoms with Gasteiger partial charge in [-0.25, -0.2) is 0 Å². The van der Waals surface area contributed by atoms with Gasteiger partial charge >= 0.3 is 7.12 Å². The van der Waals surface area contributed by atoms with Gasteiger partial charge in [-0.1, -0.05) is 0 Å². The van der Waals surface area contributed by atoms with E-state index in [-0.39, 0.29) is 11.2 Å². The van der Waals surface area contributed by atoms with E-state index in [1.807, 2.05) is 40.7 Å². The number of pyridine rings is 1. The molecule has 1 aromatic heterocycles. The van der Waals surface area contributed by atoms with Gasteiger partial charge in [-0.3, -0.25) is 4.98 Å². The maximum Gasteiger partial charge on any atom is 0.497 e. The first-order valence-electron chi connectivity index (χ1n) is 5.80. The zero-order valence-corrected chi connectivity index (χ0v) is 11.1. The van der Waals surface area contributed by atoms with Gasteiger partial charge in [-0.15, -0.1) is 0 Å². The fourth-order valence-corrected chi connectivity index (χ4v) is 1.77. The molecule has 1 aromatic rings. The van der Waals surface area contributed by atoms with E-state index in [0.29, 0.717) is 5.69 Å². The number of hydrogen-bond acceptors (Lipinski definition) is 4. The molecule has 0 amide bonds. The molecule has 4 nitrogen and oxygen atoms in total. The summed E-state index contributed by atoms with van der Waals surface area (Å²) in [5, 5.41) is 0. The van der Waals surface area contributed by atoms with Crippen molar-refractivity contribution in [3.63, 3.8) is 0 Å². The van der Waals surface area contributed by atoms with Crippen LogP contribution < -0.4 is 11.2 Å². The first-order valence-corrected chi connectivity index (χ1v) is 5.80. The summed E-state index contributed by atoms with van der Waals surface area (Å²) >= 11 is 0. The van der Waals surface area contributed by atoms with Crippen molar-refractivity contribution >= 4 is 18.3 Å². The van der Waals surface area contributed by atoms with Gasteiger partial charge in [0.2, 0.25) is 0 Å². The largest absolute Gasteiger partial charge is 0.497 e. The Morgan fingerprint density at radius 2 is 1.71 bits per heavy atom. The molecule has 0 radical (unpaired) electrons. The number of rotatable bonds is 1. The molecule has 0 unspecified atom stereocenters. The molecule has 1 saturated heterocycles. The van der Waals surface area contributed by atoms with E-state index < -0.39 is 7.12 Å². The summed E-state index contributed by atoms with van der Waals surface area (Å²) in [5.41, 5.74) is 7.60. The van der Waals surface area contributed by atoms with E-state index in [0.717, 1.165) is 11.2 Å². The standard InChI is InChI=1S/C12H19BN2O2/c1-8-6-9(10(14)7-15-8)13-16-11(2,3)12(4,5)17-13/h6-7H,14H2,1-5H3. The highest BCUT2D eigenvalue weighted by Crippen LogP contribution is 2.36. The van der Waals surface area contributed by atoms with Crippen molar-refractivity contribution in [2.75, 3.05) is 5.73 Å². The second-order valence-electron chi connectivity index (χ2n) is 5.54. The van der Waals surface area contributed by atoms with Crippen LogP contribution in [-0.2, 0) is 9.31 Å². The number of nitrogens with two attached hydrogens (primary N) is 1. The Bertz CT molecular complexity index is 430. The molecule has 92 valence electrons. The number of anilines is 1. The maximum atomic E-state index is 5.96. The average Bonchev–Trinajstić information content (AvgIpc) is 2.40. The molecule has 2 heterocycles. The van der Waals surface area contributed by atoms with Crippen molar-refractivity contribution in [3.05, 3.63) is 18.0 Å². The number of nitrogens with zero attached hydrogens (tertiary/aromatic N) is 1. The van der Waals surface area contributed by atoms with Gasteiger partial charge in [0, 0.05) is 23.0 Å². The Morgan fingerprint density at radius 1 is 1.18 bits per heavy atom. The third-order valence-corrected chi connectivity index (χ3v) is 3.61. The molecule has 1 fully saturated rings. The van der Waals surface area contributed by atoms with Crippen molar-refractivity contribution in [3.8, 4) is 0 Å². The van der Waals surface area contributed by atoms with Gasteiger partial charge in [-0.2, -0.15) is 0 Å². The molecule has 2 N–H and O–H groups in total. The molecule has 0 saturated carbocycles. The van der Waals surface area contributed by atoms with E-state index in [4.69, 9.17) is 15.0 Å². The summed E-state index contributed by atoms with van der Waals surface area (Å²) in [4.78, 5) is 4.15. The minimum absolute atomic E-state index is 0.346. The van der Waals surface area contributed by atoms with Crippen LogP contribution in [0.5, 0.6) is 0 Å². The van der Waals surface area contributed by atoms with Crippen LogP contribution in [0.3, 0.4) is 0 Å². The number of hydrogen-bond donors (Lipinski definition) is 1.